The number of anilines is 2. The first kappa shape index (κ1) is 18.9. The first-order chi connectivity index (χ1) is 13.9. The van der Waals surface area contributed by atoms with Crippen LogP contribution in [0.4, 0.5) is 24.7 Å². The molecule has 1 aliphatic rings. The van der Waals surface area contributed by atoms with Gasteiger partial charge >= 0.3 is 6.18 Å². The number of benzene rings is 1. The predicted octanol–water partition coefficient (Wildman–Crippen LogP) is 4.31. The van der Waals surface area contributed by atoms with Crippen LogP contribution in [-0.4, -0.2) is 22.4 Å². The molecule has 0 saturated heterocycles. The fraction of sp³-hybridized carbons (Fsp3) is 0.190. The fourth-order valence-electron chi connectivity index (χ4n) is 3.34. The highest BCUT2D eigenvalue weighted by Gasteiger charge is 2.32. The molecule has 0 unspecified atom stereocenters. The number of hydrogen-bond acceptors (Lipinski definition) is 4. The van der Waals surface area contributed by atoms with Crippen molar-refractivity contribution in [3.63, 3.8) is 0 Å². The van der Waals surface area contributed by atoms with Crippen LogP contribution < -0.4 is 10.6 Å². The molecule has 3 heterocycles. The minimum absolute atomic E-state index is 0.194. The summed E-state index contributed by atoms with van der Waals surface area (Å²) in [5.74, 6) is 0.0652. The van der Waals surface area contributed by atoms with Crippen molar-refractivity contribution in [1.82, 2.24) is 9.97 Å². The number of carbonyl (C=O) groups is 1. The van der Waals surface area contributed by atoms with Crippen LogP contribution in [0.15, 0.2) is 54.7 Å². The Labute approximate surface area is 165 Å². The van der Waals surface area contributed by atoms with E-state index in [2.05, 4.69) is 20.6 Å². The zero-order valence-electron chi connectivity index (χ0n) is 15.3. The molecular formula is C21H17F3N4O. The number of hydrogen-bond donors (Lipinski definition) is 2. The largest absolute Gasteiger partial charge is 0.433 e. The van der Waals surface area contributed by atoms with Gasteiger partial charge in [0.15, 0.2) is 0 Å². The SMILES string of the molecule is O=C(Nc1cc(Cc2cccc(C(F)(F)F)n2)ccn1)c1cccc2c1CCN2. The molecule has 5 nitrogen and oxygen atoms in total. The maximum Gasteiger partial charge on any atom is 0.433 e. The number of nitrogens with one attached hydrogen (secondary N) is 2. The predicted molar refractivity (Wildman–Crippen MR) is 103 cm³/mol. The third-order valence-corrected chi connectivity index (χ3v) is 4.66. The van der Waals surface area contributed by atoms with E-state index in [1.54, 1.807) is 18.2 Å². The summed E-state index contributed by atoms with van der Waals surface area (Å²) in [5, 5.41) is 6.00. The van der Waals surface area contributed by atoms with Crippen LogP contribution in [0.25, 0.3) is 0 Å². The molecule has 0 fully saturated rings. The van der Waals surface area contributed by atoms with E-state index in [1.165, 1.54) is 18.3 Å². The number of aromatic nitrogens is 2. The minimum atomic E-state index is -4.49. The Morgan fingerprint density at radius 3 is 2.79 bits per heavy atom. The molecule has 2 N–H and O–H groups in total. The average Bonchev–Trinajstić information content (AvgIpc) is 3.16. The number of amides is 1. The Kier molecular flexibility index (Phi) is 4.92. The molecule has 1 amide bonds. The van der Waals surface area contributed by atoms with Crippen molar-refractivity contribution >= 4 is 17.4 Å². The van der Waals surface area contributed by atoms with E-state index in [0.29, 0.717) is 16.9 Å². The monoisotopic (exact) mass is 398 g/mol. The van der Waals surface area contributed by atoms with E-state index in [4.69, 9.17) is 0 Å². The van der Waals surface area contributed by atoms with Crippen LogP contribution in [0.1, 0.15) is 32.9 Å². The molecule has 0 saturated carbocycles. The summed E-state index contributed by atoms with van der Waals surface area (Å²) in [4.78, 5) is 20.5. The molecule has 0 bridgehead atoms. The molecule has 8 heteroatoms. The molecule has 0 spiro atoms. The molecule has 0 aliphatic carbocycles. The summed E-state index contributed by atoms with van der Waals surface area (Å²) in [7, 11) is 0. The maximum absolute atomic E-state index is 12.8. The van der Waals surface area contributed by atoms with Crippen molar-refractivity contribution in [1.29, 1.82) is 0 Å². The summed E-state index contributed by atoms with van der Waals surface area (Å²) in [6.07, 6.45) is -2.01. The Morgan fingerprint density at radius 2 is 1.97 bits per heavy atom. The van der Waals surface area contributed by atoms with Crippen molar-refractivity contribution in [3.05, 3.63) is 82.8 Å². The molecule has 0 radical (unpaired) electrons. The smallest absolute Gasteiger partial charge is 0.384 e. The molecule has 148 valence electrons. The lowest BCUT2D eigenvalue weighted by molar-refractivity contribution is -0.141. The molecule has 1 aromatic carbocycles. The number of halogens is 3. The summed E-state index contributed by atoms with van der Waals surface area (Å²) in [5.41, 5.74) is 2.56. The lowest BCUT2D eigenvalue weighted by Gasteiger charge is -2.10. The Balaban J connectivity index is 1.51. The summed E-state index contributed by atoms with van der Waals surface area (Å²) in [6, 6.07) is 12.6. The van der Waals surface area contributed by atoms with E-state index in [-0.39, 0.29) is 18.0 Å². The van der Waals surface area contributed by atoms with Gasteiger partial charge in [-0.25, -0.2) is 9.97 Å². The van der Waals surface area contributed by atoms with E-state index >= 15 is 0 Å². The molecule has 0 atom stereocenters. The van der Waals surface area contributed by atoms with Gasteiger partial charge in [-0.3, -0.25) is 4.79 Å². The summed E-state index contributed by atoms with van der Waals surface area (Å²) in [6.45, 7) is 0.789. The van der Waals surface area contributed by atoms with Gasteiger partial charge < -0.3 is 10.6 Å². The molecule has 29 heavy (non-hydrogen) atoms. The summed E-state index contributed by atoms with van der Waals surface area (Å²) >= 11 is 0. The minimum Gasteiger partial charge on any atom is -0.384 e. The third-order valence-electron chi connectivity index (χ3n) is 4.66. The van der Waals surface area contributed by atoms with Crippen LogP contribution in [0.5, 0.6) is 0 Å². The summed E-state index contributed by atoms with van der Waals surface area (Å²) < 4.78 is 38.5. The zero-order chi connectivity index (χ0) is 20.4. The van der Waals surface area contributed by atoms with E-state index in [0.717, 1.165) is 30.3 Å². The highest BCUT2D eigenvalue weighted by molar-refractivity contribution is 6.06. The number of fused-ring (bicyclic) bond motifs is 1. The van der Waals surface area contributed by atoms with Gasteiger partial charge in [0.2, 0.25) is 0 Å². The topological polar surface area (TPSA) is 66.9 Å². The van der Waals surface area contributed by atoms with Gasteiger partial charge in [0.25, 0.3) is 5.91 Å². The van der Waals surface area contributed by atoms with Gasteiger partial charge in [-0.15, -0.1) is 0 Å². The van der Waals surface area contributed by atoms with Crippen LogP contribution in [0, 0.1) is 0 Å². The Bertz CT molecular complexity index is 1070. The van der Waals surface area contributed by atoms with Gasteiger partial charge in [0.05, 0.1) is 0 Å². The lowest BCUT2D eigenvalue weighted by Crippen LogP contribution is -2.15. The highest BCUT2D eigenvalue weighted by atomic mass is 19.4. The zero-order valence-corrected chi connectivity index (χ0v) is 15.3. The van der Waals surface area contributed by atoms with Crippen LogP contribution >= 0.6 is 0 Å². The van der Waals surface area contributed by atoms with E-state index < -0.39 is 11.9 Å². The standard InChI is InChI=1S/C21H17F3N4O/c22-21(23,24)18-6-1-3-14(27-18)11-13-7-9-26-19(12-13)28-20(29)16-4-2-5-17-15(16)8-10-25-17/h1-7,9,12,25H,8,10-11H2,(H,26,28,29). The Hall–Kier alpha value is -3.42. The second-order valence-corrected chi connectivity index (χ2v) is 6.70. The first-order valence-electron chi connectivity index (χ1n) is 9.05. The normalized spacial score (nSPS) is 12.9. The highest BCUT2D eigenvalue weighted by Crippen LogP contribution is 2.28. The number of pyridine rings is 2. The van der Waals surface area contributed by atoms with Crippen molar-refractivity contribution in [2.75, 3.05) is 17.2 Å². The van der Waals surface area contributed by atoms with Gasteiger partial charge in [-0.05, 0) is 53.9 Å². The third kappa shape index (κ3) is 4.21. The van der Waals surface area contributed by atoms with Crippen molar-refractivity contribution in [2.24, 2.45) is 0 Å². The van der Waals surface area contributed by atoms with Crippen LogP contribution in [0.3, 0.4) is 0 Å². The maximum atomic E-state index is 12.8. The molecule has 4 rings (SSSR count). The van der Waals surface area contributed by atoms with Gasteiger partial charge in [0, 0.05) is 36.1 Å². The first-order valence-corrected chi connectivity index (χ1v) is 9.05. The quantitative estimate of drug-likeness (QED) is 0.688. The average molecular weight is 398 g/mol. The van der Waals surface area contributed by atoms with Crippen molar-refractivity contribution in [3.8, 4) is 0 Å². The van der Waals surface area contributed by atoms with Crippen LogP contribution in [-0.2, 0) is 19.0 Å². The van der Waals surface area contributed by atoms with Crippen molar-refractivity contribution < 1.29 is 18.0 Å². The molecule has 3 aromatic rings. The molecule has 1 aliphatic heterocycles. The van der Waals surface area contributed by atoms with Gasteiger partial charge in [-0.1, -0.05) is 12.1 Å². The van der Waals surface area contributed by atoms with Gasteiger partial charge in [0.1, 0.15) is 11.5 Å². The fourth-order valence-corrected chi connectivity index (χ4v) is 3.34. The van der Waals surface area contributed by atoms with Crippen LogP contribution in [0.2, 0.25) is 0 Å². The molecule has 2 aromatic heterocycles. The van der Waals surface area contributed by atoms with Crippen molar-refractivity contribution in [2.45, 2.75) is 19.0 Å². The number of rotatable bonds is 4. The molecular weight excluding hydrogens is 381 g/mol. The Morgan fingerprint density at radius 1 is 1.14 bits per heavy atom. The lowest BCUT2D eigenvalue weighted by atomic mass is 10.0. The number of nitrogens with zero attached hydrogens (tertiary/aromatic N) is 2. The second kappa shape index (κ2) is 7.54. The second-order valence-electron chi connectivity index (χ2n) is 6.70. The number of carbonyl (C=O) groups excluding carboxylic acids is 1. The van der Waals surface area contributed by atoms with E-state index in [1.807, 2.05) is 12.1 Å². The van der Waals surface area contributed by atoms with E-state index in [9.17, 15) is 18.0 Å². The van der Waals surface area contributed by atoms with Gasteiger partial charge in [-0.2, -0.15) is 13.2 Å². The number of alkyl halides is 3.